The minimum Gasteiger partial charge on any atom is -0.458 e. The average Bonchev–Trinajstić information content (AvgIpc) is 2.85. The third-order valence-electron chi connectivity index (χ3n) is 4.06. The standard InChI is InChI=1S/C20H17NO4/c1-4-9-25-20(24)14-7-8-15-16(11-14)19(23)21(18(15)22)17-10-12(2)5-6-13(17)3/h4-8,10-11H,1,9H2,2-3H3. The first kappa shape index (κ1) is 16.6. The molecule has 126 valence electrons. The van der Waals surface area contributed by atoms with E-state index in [0.717, 1.165) is 16.0 Å². The Labute approximate surface area is 145 Å². The Kier molecular flexibility index (Phi) is 4.23. The lowest BCUT2D eigenvalue weighted by atomic mass is 10.1. The molecule has 5 heteroatoms. The van der Waals surface area contributed by atoms with Gasteiger partial charge in [0, 0.05) is 0 Å². The molecule has 2 aromatic rings. The Balaban J connectivity index is 2.01. The molecule has 0 radical (unpaired) electrons. The molecular weight excluding hydrogens is 318 g/mol. The molecule has 0 saturated heterocycles. The van der Waals surface area contributed by atoms with Crippen LogP contribution in [0.25, 0.3) is 0 Å². The predicted octanol–water partition coefficient (Wildman–Crippen LogP) is 3.45. The van der Waals surface area contributed by atoms with Crippen LogP contribution in [-0.4, -0.2) is 24.4 Å². The Hall–Kier alpha value is -3.21. The van der Waals surface area contributed by atoms with Crippen LogP contribution in [0.3, 0.4) is 0 Å². The number of amides is 2. The molecule has 1 aliphatic heterocycles. The van der Waals surface area contributed by atoms with Crippen molar-refractivity contribution in [3.63, 3.8) is 0 Å². The number of hydrogen-bond acceptors (Lipinski definition) is 4. The van der Waals surface area contributed by atoms with Gasteiger partial charge in [0.25, 0.3) is 11.8 Å². The molecule has 0 bridgehead atoms. The van der Waals surface area contributed by atoms with Crippen LogP contribution < -0.4 is 4.90 Å². The van der Waals surface area contributed by atoms with Gasteiger partial charge in [0.05, 0.1) is 22.4 Å². The lowest BCUT2D eigenvalue weighted by molar-refractivity contribution is 0.0549. The van der Waals surface area contributed by atoms with E-state index in [2.05, 4.69) is 6.58 Å². The topological polar surface area (TPSA) is 63.7 Å². The Bertz CT molecular complexity index is 914. The third kappa shape index (κ3) is 2.85. The van der Waals surface area contributed by atoms with Gasteiger partial charge in [-0.05, 0) is 49.2 Å². The molecule has 0 aliphatic carbocycles. The van der Waals surface area contributed by atoms with Gasteiger partial charge < -0.3 is 4.74 Å². The zero-order valence-corrected chi connectivity index (χ0v) is 14.0. The lowest BCUT2D eigenvalue weighted by Gasteiger charge is -2.17. The van der Waals surface area contributed by atoms with Crippen molar-refractivity contribution in [2.75, 3.05) is 11.5 Å². The Morgan fingerprint density at radius 2 is 1.80 bits per heavy atom. The second-order valence-electron chi connectivity index (χ2n) is 5.88. The van der Waals surface area contributed by atoms with Crippen molar-refractivity contribution in [2.24, 2.45) is 0 Å². The molecule has 0 aromatic heterocycles. The van der Waals surface area contributed by atoms with Crippen molar-refractivity contribution in [3.05, 3.63) is 76.9 Å². The lowest BCUT2D eigenvalue weighted by Crippen LogP contribution is -2.30. The summed E-state index contributed by atoms with van der Waals surface area (Å²) in [5.41, 5.74) is 3.05. The molecule has 25 heavy (non-hydrogen) atoms. The summed E-state index contributed by atoms with van der Waals surface area (Å²) in [6.45, 7) is 7.30. The number of carbonyl (C=O) groups is 3. The molecule has 3 rings (SSSR count). The first-order chi connectivity index (χ1) is 11.9. The number of nitrogens with zero attached hydrogens (tertiary/aromatic N) is 1. The fraction of sp³-hybridized carbons (Fsp3) is 0.150. The zero-order valence-electron chi connectivity index (χ0n) is 14.0. The summed E-state index contributed by atoms with van der Waals surface area (Å²) in [5.74, 6) is -1.39. The number of carbonyl (C=O) groups excluding carboxylic acids is 3. The summed E-state index contributed by atoms with van der Waals surface area (Å²) in [6.07, 6.45) is 1.46. The summed E-state index contributed by atoms with van der Waals surface area (Å²) in [6, 6.07) is 9.98. The second-order valence-corrected chi connectivity index (χ2v) is 5.88. The second kappa shape index (κ2) is 6.36. The molecule has 0 saturated carbocycles. The van der Waals surface area contributed by atoms with Crippen molar-refractivity contribution in [1.29, 1.82) is 0 Å². The normalized spacial score (nSPS) is 13.0. The highest BCUT2D eigenvalue weighted by molar-refractivity contribution is 6.35. The van der Waals surface area contributed by atoms with Crippen LogP contribution in [0.1, 0.15) is 42.2 Å². The smallest absolute Gasteiger partial charge is 0.338 e. The highest BCUT2D eigenvalue weighted by atomic mass is 16.5. The molecule has 2 amide bonds. The minimum absolute atomic E-state index is 0.0808. The van der Waals surface area contributed by atoms with E-state index in [9.17, 15) is 14.4 Å². The van der Waals surface area contributed by atoms with E-state index in [4.69, 9.17) is 4.74 Å². The van der Waals surface area contributed by atoms with Gasteiger partial charge in [0.1, 0.15) is 6.61 Å². The van der Waals surface area contributed by atoms with Crippen LogP contribution in [0.4, 0.5) is 5.69 Å². The fourth-order valence-electron chi connectivity index (χ4n) is 2.76. The van der Waals surface area contributed by atoms with Gasteiger partial charge in [0.2, 0.25) is 0 Å². The van der Waals surface area contributed by atoms with Gasteiger partial charge in [0.15, 0.2) is 0 Å². The van der Waals surface area contributed by atoms with Crippen LogP contribution in [0.5, 0.6) is 0 Å². The van der Waals surface area contributed by atoms with Gasteiger partial charge in [-0.3, -0.25) is 9.59 Å². The predicted molar refractivity (Wildman–Crippen MR) is 94.0 cm³/mol. The number of benzene rings is 2. The summed E-state index contributed by atoms with van der Waals surface area (Å²) in [5, 5.41) is 0. The van der Waals surface area contributed by atoms with E-state index in [1.54, 1.807) is 6.07 Å². The molecule has 0 unspecified atom stereocenters. The molecule has 1 aliphatic rings. The number of fused-ring (bicyclic) bond motifs is 1. The zero-order chi connectivity index (χ0) is 18.1. The van der Waals surface area contributed by atoms with Crippen LogP contribution in [-0.2, 0) is 4.74 Å². The van der Waals surface area contributed by atoms with Gasteiger partial charge in [-0.1, -0.05) is 24.8 Å². The number of anilines is 1. The Morgan fingerprint density at radius 1 is 1.08 bits per heavy atom. The van der Waals surface area contributed by atoms with E-state index >= 15 is 0 Å². The number of imide groups is 1. The van der Waals surface area contributed by atoms with E-state index in [1.165, 1.54) is 24.3 Å². The third-order valence-corrected chi connectivity index (χ3v) is 4.06. The van der Waals surface area contributed by atoms with Crippen LogP contribution in [0.15, 0.2) is 49.1 Å². The highest BCUT2D eigenvalue weighted by Crippen LogP contribution is 2.31. The van der Waals surface area contributed by atoms with Crippen molar-refractivity contribution in [2.45, 2.75) is 13.8 Å². The quantitative estimate of drug-likeness (QED) is 0.488. The number of esters is 1. The number of rotatable bonds is 4. The summed E-state index contributed by atoms with van der Waals surface area (Å²) in [7, 11) is 0. The number of hydrogen-bond donors (Lipinski definition) is 0. The molecule has 1 heterocycles. The van der Waals surface area contributed by atoms with Crippen LogP contribution in [0, 0.1) is 13.8 Å². The summed E-state index contributed by atoms with van der Waals surface area (Å²) in [4.78, 5) is 38.6. The van der Waals surface area contributed by atoms with Crippen molar-refractivity contribution >= 4 is 23.5 Å². The van der Waals surface area contributed by atoms with Crippen molar-refractivity contribution < 1.29 is 19.1 Å². The molecule has 0 fully saturated rings. The first-order valence-corrected chi connectivity index (χ1v) is 7.82. The van der Waals surface area contributed by atoms with Crippen molar-refractivity contribution in [1.82, 2.24) is 0 Å². The number of ether oxygens (including phenoxy) is 1. The largest absolute Gasteiger partial charge is 0.458 e. The molecule has 0 N–H and O–H groups in total. The minimum atomic E-state index is -0.562. The first-order valence-electron chi connectivity index (χ1n) is 7.82. The van der Waals surface area contributed by atoms with E-state index in [1.807, 2.05) is 26.0 Å². The molecule has 5 nitrogen and oxygen atoms in total. The molecule has 0 spiro atoms. The van der Waals surface area contributed by atoms with E-state index in [-0.39, 0.29) is 29.2 Å². The highest BCUT2D eigenvalue weighted by Gasteiger charge is 2.37. The van der Waals surface area contributed by atoms with E-state index < -0.39 is 11.9 Å². The maximum Gasteiger partial charge on any atom is 0.338 e. The fourth-order valence-corrected chi connectivity index (χ4v) is 2.76. The SMILES string of the molecule is C=CCOC(=O)c1ccc2c(c1)C(=O)N(c1cc(C)ccc1C)C2=O. The maximum absolute atomic E-state index is 12.8. The summed E-state index contributed by atoms with van der Waals surface area (Å²) >= 11 is 0. The molecular formula is C20H17NO4. The Morgan fingerprint density at radius 3 is 2.52 bits per heavy atom. The maximum atomic E-state index is 12.8. The van der Waals surface area contributed by atoms with Gasteiger partial charge >= 0.3 is 5.97 Å². The monoisotopic (exact) mass is 335 g/mol. The van der Waals surface area contributed by atoms with Crippen molar-refractivity contribution in [3.8, 4) is 0 Å². The van der Waals surface area contributed by atoms with Gasteiger partial charge in [-0.25, -0.2) is 9.69 Å². The molecule has 2 aromatic carbocycles. The van der Waals surface area contributed by atoms with Gasteiger partial charge in [-0.15, -0.1) is 0 Å². The van der Waals surface area contributed by atoms with Crippen LogP contribution in [0.2, 0.25) is 0 Å². The summed E-state index contributed by atoms with van der Waals surface area (Å²) < 4.78 is 4.98. The number of aryl methyl sites for hydroxylation is 2. The van der Waals surface area contributed by atoms with Gasteiger partial charge in [-0.2, -0.15) is 0 Å². The van der Waals surface area contributed by atoms with E-state index in [0.29, 0.717) is 5.69 Å². The average molecular weight is 335 g/mol. The molecule has 0 atom stereocenters. The van der Waals surface area contributed by atoms with Crippen LogP contribution >= 0.6 is 0 Å².